The molecule has 0 saturated carbocycles. The van der Waals surface area contributed by atoms with Gasteiger partial charge in [-0.15, -0.1) is 0 Å². The van der Waals surface area contributed by atoms with Crippen molar-refractivity contribution in [2.75, 3.05) is 0 Å². The average molecular weight is 714 g/mol. The SMILES string of the molecule is c1ccc(-c2cc(-c3ccc4ccccc4c3)nc(-c3cc4c5ccccc5oc4c4c(-n5c6ccccc6c6ccc7ccccc7c65)cccc34)n2)cc1. The highest BCUT2D eigenvalue weighted by atomic mass is 16.3. The minimum atomic E-state index is 0.663. The van der Waals surface area contributed by atoms with Crippen molar-refractivity contribution in [1.29, 1.82) is 0 Å². The van der Waals surface area contributed by atoms with Crippen molar-refractivity contribution < 1.29 is 4.42 Å². The first kappa shape index (κ1) is 30.9. The van der Waals surface area contributed by atoms with E-state index in [-0.39, 0.29) is 0 Å². The fourth-order valence-corrected chi connectivity index (χ4v) is 8.79. The molecule has 3 aromatic heterocycles. The van der Waals surface area contributed by atoms with Crippen molar-refractivity contribution in [1.82, 2.24) is 14.5 Å². The van der Waals surface area contributed by atoms with Crippen molar-refractivity contribution in [2.45, 2.75) is 0 Å². The molecule has 0 saturated heterocycles. The third-order valence-corrected chi connectivity index (χ3v) is 11.4. The quantitative estimate of drug-likeness (QED) is 0.182. The maximum Gasteiger partial charge on any atom is 0.161 e. The number of aromatic nitrogens is 3. The summed E-state index contributed by atoms with van der Waals surface area (Å²) in [7, 11) is 0. The fourth-order valence-electron chi connectivity index (χ4n) is 8.79. The van der Waals surface area contributed by atoms with Crippen LogP contribution in [0, 0.1) is 0 Å². The van der Waals surface area contributed by atoms with Crippen LogP contribution in [-0.2, 0) is 0 Å². The third kappa shape index (κ3) is 4.60. The van der Waals surface area contributed by atoms with Gasteiger partial charge in [0.05, 0.1) is 28.1 Å². The summed E-state index contributed by atoms with van der Waals surface area (Å²) in [6.45, 7) is 0. The molecule has 56 heavy (non-hydrogen) atoms. The topological polar surface area (TPSA) is 43.9 Å². The van der Waals surface area contributed by atoms with Crippen molar-refractivity contribution >= 4 is 76.1 Å². The molecule has 0 bridgehead atoms. The normalized spacial score (nSPS) is 11.9. The molecule has 12 aromatic rings. The molecule has 0 fully saturated rings. The summed E-state index contributed by atoms with van der Waals surface area (Å²) in [4.78, 5) is 10.8. The second-order valence-electron chi connectivity index (χ2n) is 14.5. The molecule has 0 atom stereocenters. The van der Waals surface area contributed by atoms with Crippen molar-refractivity contribution in [2.24, 2.45) is 0 Å². The van der Waals surface area contributed by atoms with Crippen LogP contribution in [-0.4, -0.2) is 14.5 Å². The molecule has 0 unspecified atom stereocenters. The van der Waals surface area contributed by atoms with E-state index >= 15 is 0 Å². The monoisotopic (exact) mass is 713 g/mol. The van der Waals surface area contributed by atoms with E-state index in [0.717, 1.165) is 72.0 Å². The van der Waals surface area contributed by atoms with Crippen LogP contribution < -0.4 is 0 Å². The molecule has 0 aliphatic rings. The zero-order valence-electron chi connectivity index (χ0n) is 30.1. The number of benzene rings is 9. The number of hydrogen-bond acceptors (Lipinski definition) is 3. The molecule has 0 aliphatic heterocycles. The highest BCUT2D eigenvalue weighted by Crippen LogP contribution is 2.45. The molecule has 0 radical (unpaired) electrons. The highest BCUT2D eigenvalue weighted by molar-refractivity contribution is 6.24. The summed E-state index contributed by atoms with van der Waals surface area (Å²) in [5.74, 6) is 0.663. The Morgan fingerprint density at radius 2 is 1.09 bits per heavy atom. The van der Waals surface area contributed by atoms with Crippen LogP contribution in [0.4, 0.5) is 0 Å². The Kier molecular flexibility index (Phi) is 6.60. The molecule has 0 N–H and O–H groups in total. The van der Waals surface area contributed by atoms with Gasteiger partial charge in [-0.1, -0.05) is 152 Å². The Labute approximate surface area is 321 Å². The van der Waals surface area contributed by atoms with Crippen LogP contribution in [0.1, 0.15) is 0 Å². The van der Waals surface area contributed by atoms with E-state index in [1.54, 1.807) is 0 Å². The molecule has 260 valence electrons. The second kappa shape index (κ2) is 12.0. The van der Waals surface area contributed by atoms with Gasteiger partial charge in [0.2, 0.25) is 0 Å². The lowest BCUT2D eigenvalue weighted by molar-refractivity contribution is 0.672. The lowest BCUT2D eigenvalue weighted by atomic mass is 9.97. The molecule has 4 heteroatoms. The summed E-state index contributed by atoms with van der Waals surface area (Å²) >= 11 is 0. The van der Waals surface area contributed by atoms with Crippen molar-refractivity contribution in [3.8, 4) is 39.6 Å². The number of furan rings is 1. The van der Waals surface area contributed by atoms with E-state index in [9.17, 15) is 0 Å². The number of nitrogens with zero attached hydrogens (tertiary/aromatic N) is 3. The molecule has 3 heterocycles. The van der Waals surface area contributed by atoms with E-state index in [1.807, 2.05) is 12.1 Å². The van der Waals surface area contributed by atoms with Gasteiger partial charge in [0.25, 0.3) is 0 Å². The van der Waals surface area contributed by atoms with E-state index in [4.69, 9.17) is 14.4 Å². The number of fused-ring (bicyclic) bond motifs is 11. The molecular formula is C52H31N3O. The van der Waals surface area contributed by atoms with Gasteiger partial charge < -0.3 is 8.98 Å². The fraction of sp³-hybridized carbons (Fsp3) is 0. The minimum absolute atomic E-state index is 0.663. The summed E-state index contributed by atoms with van der Waals surface area (Å²) in [6, 6.07) is 66.6. The van der Waals surface area contributed by atoms with Gasteiger partial charge in [-0.05, 0) is 57.9 Å². The first-order valence-corrected chi connectivity index (χ1v) is 19.0. The minimum Gasteiger partial charge on any atom is -0.455 e. The van der Waals surface area contributed by atoms with Crippen LogP contribution in [0.5, 0.6) is 0 Å². The smallest absolute Gasteiger partial charge is 0.161 e. The Morgan fingerprint density at radius 3 is 1.96 bits per heavy atom. The summed E-state index contributed by atoms with van der Waals surface area (Å²) in [5, 5.41) is 11.3. The largest absolute Gasteiger partial charge is 0.455 e. The van der Waals surface area contributed by atoms with Crippen molar-refractivity contribution in [3.05, 3.63) is 188 Å². The number of hydrogen-bond donors (Lipinski definition) is 0. The van der Waals surface area contributed by atoms with Gasteiger partial charge in [-0.25, -0.2) is 9.97 Å². The standard InChI is InChI=1S/C52H31N3O/c1-2-15-34(16-3-1)44-31-45(36-26-25-32-13-4-5-17-35(32)29-36)54-52(53-44)43-30-42-39-20-9-11-24-48(39)56-51(42)49-40(43)21-12-23-47(49)55-46-22-10-8-19-38(46)41-28-27-33-14-6-7-18-37(33)50(41)55/h1-31H. The van der Waals surface area contributed by atoms with Gasteiger partial charge in [-0.3, -0.25) is 0 Å². The van der Waals surface area contributed by atoms with E-state index in [1.165, 1.54) is 37.8 Å². The first-order chi connectivity index (χ1) is 27.8. The van der Waals surface area contributed by atoms with E-state index in [0.29, 0.717) is 5.82 Å². The highest BCUT2D eigenvalue weighted by Gasteiger charge is 2.23. The Bertz CT molecular complexity index is 3540. The lowest BCUT2D eigenvalue weighted by Crippen LogP contribution is -1.99. The Hall–Kier alpha value is -7.56. The van der Waals surface area contributed by atoms with Crippen LogP contribution in [0.2, 0.25) is 0 Å². The zero-order chi connectivity index (χ0) is 36.7. The second-order valence-corrected chi connectivity index (χ2v) is 14.5. The first-order valence-electron chi connectivity index (χ1n) is 19.0. The maximum absolute atomic E-state index is 6.88. The molecule has 9 aromatic carbocycles. The predicted octanol–water partition coefficient (Wildman–Crippen LogP) is 13.9. The van der Waals surface area contributed by atoms with E-state index in [2.05, 4.69) is 180 Å². The average Bonchev–Trinajstić information content (AvgIpc) is 3.82. The molecular weight excluding hydrogens is 683 g/mol. The molecule has 0 amide bonds. The molecule has 4 nitrogen and oxygen atoms in total. The van der Waals surface area contributed by atoms with E-state index < -0.39 is 0 Å². The van der Waals surface area contributed by atoms with Crippen LogP contribution in [0.25, 0.3) is 116 Å². The summed E-state index contributed by atoms with van der Waals surface area (Å²) in [6.07, 6.45) is 0. The zero-order valence-corrected chi connectivity index (χ0v) is 30.1. The Morgan fingerprint density at radius 1 is 0.411 bits per heavy atom. The predicted molar refractivity (Wildman–Crippen MR) is 232 cm³/mol. The Balaban J connectivity index is 1.22. The number of rotatable bonds is 4. The third-order valence-electron chi connectivity index (χ3n) is 11.4. The molecule has 0 aliphatic carbocycles. The lowest BCUT2D eigenvalue weighted by Gasteiger charge is -2.16. The van der Waals surface area contributed by atoms with Gasteiger partial charge in [0, 0.05) is 49.0 Å². The molecule has 12 rings (SSSR count). The molecule has 0 spiro atoms. The van der Waals surface area contributed by atoms with Gasteiger partial charge in [0.15, 0.2) is 5.82 Å². The maximum atomic E-state index is 6.88. The van der Waals surface area contributed by atoms with Crippen LogP contribution in [0.3, 0.4) is 0 Å². The van der Waals surface area contributed by atoms with Gasteiger partial charge in [0.1, 0.15) is 11.2 Å². The summed E-state index contributed by atoms with van der Waals surface area (Å²) in [5.41, 5.74) is 9.83. The summed E-state index contributed by atoms with van der Waals surface area (Å²) < 4.78 is 9.32. The van der Waals surface area contributed by atoms with Crippen molar-refractivity contribution in [3.63, 3.8) is 0 Å². The van der Waals surface area contributed by atoms with Crippen LogP contribution in [0.15, 0.2) is 192 Å². The number of para-hydroxylation sites is 2. The van der Waals surface area contributed by atoms with Gasteiger partial charge >= 0.3 is 0 Å². The van der Waals surface area contributed by atoms with Crippen LogP contribution >= 0.6 is 0 Å². The van der Waals surface area contributed by atoms with Gasteiger partial charge in [-0.2, -0.15) is 0 Å².